The van der Waals surface area contributed by atoms with E-state index in [1.54, 1.807) is 0 Å². The number of hydrogen-bond donors (Lipinski definition) is 3. The van der Waals surface area contributed by atoms with Crippen LogP contribution in [0.15, 0.2) is 0 Å². The van der Waals surface area contributed by atoms with E-state index in [0.717, 1.165) is 0 Å². The van der Waals surface area contributed by atoms with E-state index >= 15 is 0 Å². The zero-order valence-corrected chi connectivity index (χ0v) is 7.50. The molecule has 0 aromatic heterocycles. The third-order valence-electron chi connectivity index (χ3n) is 1.76. The predicted molar refractivity (Wildman–Crippen MR) is 42.2 cm³/mol. The number of aliphatic hydroxyl groups excluding tert-OH is 2. The van der Waals surface area contributed by atoms with E-state index in [2.05, 4.69) is 4.52 Å². The van der Waals surface area contributed by atoms with Gasteiger partial charge in [0.25, 0.3) is 0 Å². The van der Waals surface area contributed by atoms with Crippen molar-refractivity contribution in [1.82, 2.24) is 0 Å². The Kier molecular flexibility index (Phi) is 3.79. The summed E-state index contributed by atoms with van der Waals surface area (Å²) >= 11 is 0. The van der Waals surface area contributed by atoms with Crippen molar-refractivity contribution in [3.8, 4) is 0 Å². The molecule has 3 unspecified atom stereocenters. The van der Waals surface area contributed by atoms with Crippen LogP contribution in [0.3, 0.4) is 0 Å². The van der Waals surface area contributed by atoms with Crippen LogP contribution in [0.1, 0.15) is 0 Å². The molecule has 8 heteroatoms. The highest BCUT2D eigenvalue weighted by atomic mass is 31.1. The Morgan fingerprint density at radius 2 is 2.23 bits per heavy atom. The first-order valence-electron chi connectivity index (χ1n) is 3.59. The average Bonchev–Trinajstić information content (AvgIpc) is 2.31. The van der Waals surface area contributed by atoms with E-state index in [-0.39, 0.29) is 0 Å². The summed E-state index contributed by atoms with van der Waals surface area (Å²) in [4.78, 5) is 8.43. The maximum absolute atomic E-state index is 10.3. The summed E-state index contributed by atoms with van der Waals surface area (Å²) < 4.78 is 19.6. The summed E-state index contributed by atoms with van der Waals surface area (Å²) in [6.45, 7) is -0.432. The van der Waals surface area contributed by atoms with Gasteiger partial charge in [-0.05, 0) is 0 Å². The lowest BCUT2D eigenvalue weighted by Gasteiger charge is -2.10. The molecular formula is C5H9BO6P+. The molecule has 0 amide bonds. The van der Waals surface area contributed by atoms with Gasteiger partial charge in [-0.3, -0.25) is 0 Å². The minimum atomic E-state index is -2.85. The molecule has 1 fully saturated rings. The van der Waals surface area contributed by atoms with Crippen molar-refractivity contribution in [3.63, 3.8) is 0 Å². The van der Waals surface area contributed by atoms with Gasteiger partial charge in [0.1, 0.15) is 20.1 Å². The Balaban J connectivity index is 2.62. The fraction of sp³-hybridized carbons (Fsp3) is 1.00. The van der Waals surface area contributed by atoms with Crippen LogP contribution in [0.25, 0.3) is 0 Å². The van der Waals surface area contributed by atoms with Crippen LogP contribution < -0.4 is 0 Å². The molecular weight excluding hydrogens is 198 g/mol. The highest BCUT2D eigenvalue weighted by Gasteiger charge is 2.46. The van der Waals surface area contributed by atoms with Crippen LogP contribution in [-0.2, 0) is 13.8 Å². The lowest BCUT2D eigenvalue weighted by Crippen LogP contribution is -2.35. The van der Waals surface area contributed by atoms with Gasteiger partial charge >= 0.3 is 8.25 Å². The third kappa shape index (κ3) is 2.46. The second-order valence-corrected chi connectivity index (χ2v) is 3.31. The van der Waals surface area contributed by atoms with Crippen LogP contribution >= 0.6 is 8.25 Å². The molecule has 0 spiro atoms. The fourth-order valence-electron chi connectivity index (χ4n) is 1.15. The van der Waals surface area contributed by atoms with Gasteiger partial charge in [-0.25, -0.2) is 0 Å². The zero-order chi connectivity index (χ0) is 10.0. The Labute approximate surface area is 76.8 Å². The molecule has 1 saturated heterocycles. The third-order valence-corrected chi connectivity index (χ3v) is 2.19. The molecule has 13 heavy (non-hydrogen) atoms. The molecule has 0 saturated carbocycles. The van der Waals surface area contributed by atoms with Gasteiger partial charge < -0.3 is 14.9 Å². The summed E-state index contributed by atoms with van der Waals surface area (Å²) in [7, 11) is 2.42. The van der Waals surface area contributed by atoms with Crippen LogP contribution in [0.4, 0.5) is 0 Å². The molecule has 1 heterocycles. The molecule has 72 valence electrons. The summed E-state index contributed by atoms with van der Waals surface area (Å²) in [5, 5.41) is 18.0. The minimum Gasteiger partial charge on any atom is -0.394 e. The van der Waals surface area contributed by atoms with Gasteiger partial charge in [-0.2, -0.15) is 0 Å². The van der Waals surface area contributed by atoms with Crippen LogP contribution in [0.2, 0.25) is 0 Å². The van der Waals surface area contributed by atoms with Gasteiger partial charge in [-0.1, -0.05) is 0 Å². The topological polar surface area (TPSA) is 96.2 Å². The van der Waals surface area contributed by atoms with Crippen LogP contribution in [0, 0.1) is 0 Å². The summed E-state index contributed by atoms with van der Waals surface area (Å²) in [5.74, 6) is 0. The van der Waals surface area contributed by atoms with E-state index in [0.29, 0.717) is 0 Å². The first-order valence-corrected chi connectivity index (χ1v) is 4.72. The maximum Gasteiger partial charge on any atom is 0.695 e. The zero-order valence-electron chi connectivity index (χ0n) is 6.61. The molecule has 1 rings (SSSR count). The number of aliphatic hydroxyl groups is 2. The van der Waals surface area contributed by atoms with Gasteiger partial charge in [0, 0.05) is 10.6 Å². The van der Waals surface area contributed by atoms with Crippen molar-refractivity contribution in [2.45, 2.75) is 24.3 Å². The molecule has 0 aromatic rings. The van der Waals surface area contributed by atoms with Gasteiger partial charge in [-0.15, -0.1) is 9.42 Å². The summed E-state index contributed by atoms with van der Waals surface area (Å²) in [6.07, 6.45) is -3.13. The summed E-state index contributed by atoms with van der Waals surface area (Å²) in [5.41, 5.74) is 0. The van der Waals surface area contributed by atoms with Crippen molar-refractivity contribution >= 4 is 16.1 Å². The van der Waals surface area contributed by atoms with Crippen molar-refractivity contribution < 1.29 is 28.9 Å². The van der Waals surface area contributed by atoms with Gasteiger partial charge in [0.2, 0.25) is 0 Å². The summed E-state index contributed by atoms with van der Waals surface area (Å²) in [6, 6.07) is -1.00. The first-order chi connectivity index (χ1) is 6.06. The molecule has 1 aliphatic rings. The number of ether oxygens (including phenoxy) is 1. The van der Waals surface area contributed by atoms with Crippen molar-refractivity contribution in [1.29, 1.82) is 0 Å². The normalized spacial score (nSPS) is 40.7. The highest BCUT2D eigenvalue weighted by Crippen LogP contribution is 2.29. The largest absolute Gasteiger partial charge is 0.695 e. The van der Waals surface area contributed by atoms with E-state index < -0.39 is 39.2 Å². The van der Waals surface area contributed by atoms with E-state index in [4.69, 9.17) is 22.6 Å². The molecule has 3 N–H and O–H groups in total. The Morgan fingerprint density at radius 1 is 1.62 bits per heavy atom. The molecule has 0 bridgehead atoms. The second kappa shape index (κ2) is 4.46. The molecule has 1 aliphatic heterocycles. The van der Waals surface area contributed by atoms with Crippen LogP contribution in [0.5, 0.6) is 0 Å². The average molecular weight is 207 g/mol. The quantitative estimate of drug-likeness (QED) is 0.375. The standard InChI is InChI=1S/C5H8BO6P/c6-5-3(8)4(12-13(9)10)2(1-7)11-5/h2-5,7-8H,1H2/p+1/t2-,3?,4?,5-/m1/s1. The molecule has 2 radical (unpaired) electrons. The smallest absolute Gasteiger partial charge is 0.394 e. The molecule has 0 aromatic carbocycles. The fourth-order valence-corrected chi connectivity index (χ4v) is 1.62. The second-order valence-electron chi connectivity index (χ2n) is 2.62. The predicted octanol–water partition coefficient (Wildman–Crippen LogP) is -1.73. The Morgan fingerprint density at radius 3 is 2.69 bits per heavy atom. The Hall–Kier alpha value is -0.0351. The Bertz CT molecular complexity index is 201. The monoisotopic (exact) mass is 207 g/mol. The van der Waals surface area contributed by atoms with Crippen LogP contribution in [-0.4, -0.2) is 53.9 Å². The number of hydrogen-bond acceptors (Lipinski definition) is 5. The van der Waals surface area contributed by atoms with E-state index in [1.807, 2.05) is 0 Å². The lowest BCUT2D eigenvalue weighted by atomic mass is 9.93. The first kappa shape index (κ1) is 11.0. The van der Waals surface area contributed by atoms with E-state index in [1.165, 1.54) is 0 Å². The van der Waals surface area contributed by atoms with Crippen molar-refractivity contribution in [2.75, 3.05) is 6.61 Å². The SMILES string of the molecule is [B][C@@H]1O[C@H](CO)C(O[P+](=O)O)C1O. The lowest BCUT2D eigenvalue weighted by molar-refractivity contribution is 0.00110. The number of rotatable bonds is 3. The van der Waals surface area contributed by atoms with Gasteiger partial charge in [0.05, 0.1) is 6.61 Å². The van der Waals surface area contributed by atoms with Crippen molar-refractivity contribution in [3.05, 3.63) is 0 Å². The van der Waals surface area contributed by atoms with E-state index in [9.17, 15) is 9.67 Å². The maximum atomic E-state index is 10.3. The molecule has 5 atom stereocenters. The molecule has 0 aliphatic carbocycles. The minimum absolute atomic E-state index is 0.432. The van der Waals surface area contributed by atoms with Gasteiger partial charge in [0.15, 0.2) is 6.10 Å². The molecule has 6 nitrogen and oxygen atoms in total. The highest BCUT2D eigenvalue weighted by molar-refractivity contribution is 7.32. The van der Waals surface area contributed by atoms with Crippen molar-refractivity contribution in [2.24, 2.45) is 0 Å².